The first kappa shape index (κ1) is 44.4. The molecule has 5 N–H and O–H groups in total. The second-order valence-corrected chi connectivity index (χ2v) is 11.6. The molecule has 0 unspecified atom stereocenters. The molecule has 21 heteroatoms. The monoisotopic (exact) mass is 776 g/mol. The van der Waals surface area contributed by atoms with E-state index in [1.54, 1.807) is 14.2 Å². The normalized spacial score (nSPS) is 15.8. The van der Waals surface area contributed by atoms with Gasteiger partial charge in [-0.3, -0.25) is 0 Å². The number of aryl methyl sites for hydroxylation is 1. The molecule has 2 aromatic carbocycles. The van der Waals surface area contributed by atoms with Crippen LogP contribution < -0.4 is 14.8 Å². The van der Waals surface area contributed by atoms with E-state index in [4.69, 9.17) is 44.2 Å². The van der Waals surface area contributed by atoms with Gasteiger partial charge in [-0.05, 0) is 100 Å². The number of hydrogen-bond donors (Lipinski definition) is 5. The summed E-state index contributed by atoms with van der Waals surface area (Å²) in [6.45, 7) is 6.94. The predicted molar refractivity (Wildman–Crippen MR) is 170 cm³/mol. The molecule has 0 radical (unpaired) electrons. The van der Waals surface area contributed by atoms with Crippen LogP contribution in [0.15, 0.2) is 30.3 Å². The topological polar surface area (TPSA) is 174 Å². The van der Waals surface area contributed by atoms with Crippen molar-refractivity contribution in [3.05, 3.63) is 41.5 Å². The number of aliphatic carboxylic acids is 3. The van der Waals surface area contributed by atoms with Crippen molar-refractivity contribution in [3.63, 3.8) is 0 Å². The van der Waals surface area contributed by atoms with E-state index in [1.165, 1.54) is 63.0 Å². The van der Waals surface area contributed by atoms with Crippen molar-refractivity contribution >= 4 is 28.9 Å². The summed E-state index contributed by atoms with van der Waals surface area (Å²) in [7, 11) is 3.31. The molecule has 2 fully saturated rings. The van der Waals surface area contributed by atoms with Crippen LogP contribution in [0.3, 0.4) is 0 Å². The summed E-state index contributed by atoms with van der Waals surface area (Å²) in [6, 6.07) is 11.4. The van der Waals surface area contributed by atoms with Crippen molar-refractivity contribution in [2.75, 3.05) is 40.4 Å². The Morgan fingerprint density at radius 3 is 1.66 bits per heavy atom. The molecule has 1 aromatic heterocycles. The fraction of sp³-hybridized carbons (Fsp3) is 0.500. The minimum absolute atomic E-state index is 0.629. The molecular formula is C32H37F9N4O8. The van der Waals surface area contributed by atoms with Crippen molar-refractivity contribution in [1.82, 2.24) is 20.2 Å². The van der Waals surface area contributed by atoms with Crippen LogP contribution in [0.5, 0.6) is 11.5 Å². The number of hydrogen-bond acceptors (Lipinski definition) is 8. The molecule has 53 heavy (non-hydrogen) atoms. The number of halogens is 9. The van der Waals surface area contributed by atoms with Gasteiger partial charge in [0.25, 0.3) is 0 Å². The van der Waals surface area contributed by atoms with Gasteiger partial charge in [0, 0.05) is 11.6 Å². The molecule has 0 aliphatic carbocycles. The second-order valence-electron chi connectivity index (χ2n) is 11.6. The first-order chi connectivity index (χ1) is 24.5. The number of aromatic nitrogens is 2. The summed E-state index contributed by atoms with van der Waals surface area (Å²) in [5.74, 6) is -5.34. The average Bonchev–Trinajstić information content (AvgIpc) is 3.53. The lowest BCUT2D eigenvalue weighted by atomic mass is 9.87. The maximum atomic E-state index is 10.6. The summed E-state index contributed by atoms with van der Waals surface area (Å²) in [4.78, 5) is 37.9. The Balaban J connectivity index is 0.000000379. The van der Waals surface area contributed by atoms with Crippen LogP contribution in [0, 0.1) is 6.92 Å². The summed E-state index contributed by atoms with van der Waals surface area (Å²) in [6.07, 6.45) is -10.2. The first-order valence-electron chi connectivity index (χ1n) is 15.6. The molecule has 0 spiro atoms. The quantitative estimate of drug-likeness (QED) is 0.182. The van der Waals surface area contributed by atoms with Crippen LogP contribution in [0.1, 0.15) is 42.7 Å². The smallest absolute Gasteiger partial charge is 0.490 e. The van der Waals surface area contributed by atoms with Gasteiger partial charge in [0.2, 0.25) is 0 Å². The molecule has 0 amide bonds. The number of rotatable bonds is 5. The minimum atomic E-state index is -5.08. The summed E-state index contributed by atoms with van der Waals surface area (Å²) in [5.41, 5.74) is 5.84. The van der Waals surface area contributed by atoms with Gasteiger partial charge in [-0.25, -0.2) is 19.4 Å². The third kappa shape index (κ3) is 13.6. The maximum absolute atomic E-state index is 10.6. The SMILES string of the molecule is COc1ccc(-c2nc3c(C)cc(C4CCN(C5CCNCC5)CC4)cc3[nH]2)cc1OC.O=C(O)C(F)(F)F.O=C(O)C(F)(F)F.O=C(O)C(F)(F)F. The van der Waals surface area contributed by atoms with E-state index in [9.17, 15) is 39.5 Å². The highest BCUT2D eigenvalue weighted by Crippen LogP contribution is 2.35. The zero-order valence-corrected chi connectivity index (χ0v) is 28.4. The van der Waals surface area contributed by atoms with Crippen LogP contribution in [0.2, 0.25) is 0 Å². The lowest BCUT2D eigenvalue weighted by molar-refractivity contribution is -0.193. The number of imidazole rings is 1. The third-order valence-corrected chi connectivity index (χ3v) is 8.01. The van der Waals surface area contributed by atoms with Crippen LogP contribution in [0.25, 0.3) is 22.4 Å². The van der Waals surface area contributed by atoms with Crippen LogP contribution in [0.4, 0.5) is 39.5 Å². The molecular weight excluding hydrogens is 739 g/mol. The van der Waals surface area contributed by atoms with Gasteiger partial charge in [0.1, 0.15) is 5.82 Å². The second kappa shape index (κ2) is 18.8. The van der Waals surface area contributed by atoms with E-state index in [-0.39, 0.29) is 0 Å². The number of fused-ring (bicyclic) bond motifs is 1. The van der Waals surface area contributed by atoms with E-state index < -0.39 is 36.4 Å². The Morgan fingerprint density at radius 2 is 1.23 bits per heavy atom. The number of alkyl halides is 9. The number of carboxylic acids is 3. The fourth-order valence-electron chi connectivity index (χ4n) is 5.44. The highest BCUT2D eigenvalue weighted by molar-refractivity contribution is 5.83. The number of methoxy groups -OCH3 is 2. The zero-order chi connectivity index (χ0) is 40.3. The van der Waals surface area contributed by atoms with Gasteiger partial charge in [-0.1, -0.05) is 6.07 Å². The molecule has 296 valence electrons. The molecule has 5 rings (SSSR count). The van der Waals surface area contributed by atoms with E-state index in [1.807, 2.05) is 18.2 Å². The summed E-state index contributed by atoms with van der Waals surface area (Å²) in [5, 5.41) is 24.9. The van der Waals surface area contributed by atoms with Gasteiger partial charge in [-0.15, -0.1) is 0 Å². The van der Waals surface area contributed by atoms with E-state index in [0.29, 0.717) is 11.7 Å². The minimum Gasteiger partial charge on any atom is -0.493 e. The highest BCUT2D eigenvalue weighted by Gasteiger charge is 2.39. The Bertz CT molecular complexity index is 1620. The molecule has 12 nitrogen and oxygen atoms in total. The van der Waals surface area contributed by atoms with E-state index in [2.05, 4.69) is 34.3 Å². The molecule has 0 saturated carbocycles. The number of nitrogens with one attached hydrogen (secondary N) is 2. The molecule has 2 saturated heterocycles. The summed E-state index contributed by atoms with van der Waals surface area (Å²) >= 11 is 0. The Morgan fingerprint density at radius 1 is 0.755 bits per heavy atom. The molecule has 3 aromatic rings. The molecule has 2 aliphatic rings. The Hall–Kier alpha value is -4.79. The van der Waals surface area contributed by atoms with Crippen LogP contribution in [-0.4, -0.2) is 113 Å². The van der Waals surface area contributed by atoms with Gasteiger partial charge >= 0.3 is 36.4 Å². The number of likely N-dealkylation sites (tertiary alicyclic amines) is 1. The number of aromatic amines is 1. The molecule has 0 bridgehead atoms. The lowest BCUT2D eigenvalue weighted by Crippen LogP contribution is -2.46. The highest BCUT2D eigenvalue weighted by atomic mass is 19.4. The van der Waals surface area contributed by atoms with Crippen molar-refractivity contribution in [2.45, 2.75) is 63.1 Å². The van der Waals surface area contributed by atoms with E-state index >= 15 is 0 Å². The van der Waals surface area contributed by atoms with Crippen molar-refractivity contribution in [1.29, 1.82) is 0 Å². The number of carbonyl (C=O) groups is 3. The number of benzene rings is 2. The number of piperidine rings is 2. The van der Waals surface area contributed by atoms with E-state index in [0.717, 1.165) is 34.2 Å². The summed E-state index contributed by atoms with van der Waals surface area (Å²) < 4.78 is 106. The largest absolute Gasteiger partial charge is 0.493 e. The molecule has 3 heterocycles. The first-order valence-corrected chi connectivity index (χ1v) is 15.6. The molecule has 2 aliphatic heterocycles. The maximum Gasteiger partial charge on any atom is 0.490 e. The van der Waals surface area contributed by atoms with Crippen LogP contribution in [-0.2, 0) is 14.4 Å². The standard InChI is InChI=1S/C26H34N4O2.3C2HF3O2/c1-17-14-20(18-8-12-30(13-9-18)21-6-10-27-11-7-21)15-22-25(17)29-26(28-22)19-4-5-23(31-2)24(16-19)32-3;3*3-2(4,5)1(6)7/h4-5,14-16,18,21,27H,6-13H2,1-3H3,(H,28,29);3*(H,6,7). The third-order valence-electron chi connectivity index (χ3n) is 8.01. The number of nitrogens with zero attached hydrogens (tertiary/aromatic N) is 2. The van der Waals surface area contributed by atoms with Gasteiger partial charge < -0.3 is 40.0 Å². The average molecular weight is 777 g/mol. The van der Waals surface area contributed by atoms with Crippen molar-refractivity contribution < 1.29 is 78.7 Å². The van der Waals surface area contributed by atoms with Gasteiger partial charge in [0.15, 0.2) is 11.5 Å². The van der Waals surface area contributed by atoms with Crippen LogP contribution >= 0.6 is 0 Å². The number of H-pyrrole nitrogens is 1. The van der Waals surface area contributed by atoms with Gasteiger partial charge in [0.05, 0.1) is 25.3 Å². The Labute approximate surface area is 295 Å². The van der Waals surface area contributed by atoms with Crippen molar-refractivity contribution in [3.8, 4) is 22.9 Å². The Kier molecular flexibility index (Phi) is 15.7. The van der Waals surface area contributed by atoms with Crippen molar-refractivity contribution in [2.24, 2.45) is 0 Å². The predicted octanol–water partition coefficient (Wildman–Crippen LogP) is 6.39. The zero-order valence-electron chi connectivity index (χ0n) is 28.4. The van der Waals surface area contributed by atoms with Gasteiger partial charge in [-0.2, -0.15) is 39.5 Å². The lowest BCUT2D eigenvalue weighted by Gasteiger charge is -2.39. The fourth-order valence-corrected chi connectivity index (χ4v) is 5.44. The molecule has 0 atom stereocenters. The number of carboxylic acid groups (broad SMARTS) is 3. The number of ether oxygens (including phenoxy) is 2.